The molecule has 0 N–H and O–H groups in total. The molecular weight excluding hydrogens is 204 g/mol. The molecule has 0 bridgehead atoms. The zero-order chi connectivity index (χ0) is 11.4. The van der Waals surface area contributed by atoms with Gasteiger partial charge in [-0.2, -0.15) is 5.10 Å². The van der Waals surface area contributed by atoms with Crippen molar-refractivity contribution in [2.75, 3.05) is 13.1 Å². The number of nitrogens with zero attached hydrogens (tertiary/aromatic N) is 4. The maximum Gasteiger partial charge on any atom is 0.140 e. The van der Waals surface area contributed by atoms with Gasteiger partial charge in [-0.15, -0.1) is 0 Å². The number of carbonyl (C=O) groups is 1. The second-order valence-electron chi connectivity index (χ2n) is 4.24. The van der Waals surface area contributed by atoms with E-state index in [-0.39, 0.29) is 5.92 Å². The molecule has 1 fully saturated rings. The molecule has 2 rings (SSSR count). The molecule has 0 radical (unpaired) electrons. The van der Waals surface area contributed by atoms with E-state index in [2.05, 4.69) is 21.9 Å². The van der Waals surface area contributed by atoms with E-state index in [0.29, 0.717) is 0 Å². The summed E-state index contributed by atoms with van der Waals surface area (Å²) in [5.41, 5.74) is 0. The van der Waals surface area contributed by atoms with Crippen LogP contribution in [0, 0.1) is 5.92 Å². The third-order valence-corrected chi connectivity index (χ3v) is 3.18. The average Bonchev–Trinajstić information content (AvgIpc) is 2.77. The molecule has 0 saturated carbocycles. The monoisotopic (exact) mass is 222 g/mol. The van der Waals surface area contributed by atoms with E-state index in [1.165, 1.54) is 0 Å². The van der Waals surface area contributed by atoms with Crippen LogP contribution in [0.2, 0.25) is 0 Å². The van der Waals surface area contributed by atoms with Crippen molar-refractivity contribution in [1.29, 1.82) is 0 Å². The quantitative estimate of drug-likeness (QED) is 0.704. The molecule has 0 unspecified atom stereocenters. The first-order valence-corrected chi connectivity index (χ1v) is 5.87. The summed E-state index contributed by atoms with van der Waals surface area (Å²) >= 11 is 0. The third-order valence-electron chi connectivity index (χ3n) is 3.18. The van der Waals surface area contributed by atoms with Crippen LogP contribution in [0.4, 0.5) is 0 Å². The fourth-order valence-electron chi connectivity index (χ4n) is 2.12. The molecule has 88 valence electrons. The molecule has 0 amide bonds. The molecule has 0 aromatic carbocycles. The predicted molar refractivity (Wildman–Crippen MR) is 59.8 cm³/mol. The number of aryl methyl sites for hydroxylation is 1. The van der Waals surface area contributed by atoms with E-state index < -0.39 is 0 Å². The lowest BCUT2D eigenvalue weighted by Gasteiger charge is -2.28. The fraction of sp³-hybridized carbons (Fsp3) is 0.727. The molecule has 0 spiro atoms. The summed E-state index contributed by atoms with van der Waals surface area (Å²) in [6.45, 7) is 5.75. The summed E-state index contributed by atoms with van der Waals surface area (Å²) in [6.07, 6.45) is 4.65. The zero-order valence-electron chi connectivity index (χ0n) is 9.67. The van der Waals surface area contributed by atoms with Crippen molar-refractivity contribution < 1.29 is 4.79 Å². The Labute approximate surface area is 95.5 Å². The minimum absolute atomic E-state index is 0.264. The Kier molecular flexibility index (Phi) is 3.66. The van der Waals surface area contributed by atoms with Crippen LogP contribution >= 0.6 is 0 Å². The molecule has 16 heavy (non-hydrogen) atoms. The van der Waals surface area contributed by atoms with Gasteiger partial charge < -0.3 is 4.79 Å². The van der Waals surface area contributed by atoms with Crippen molar-refractivity contribution >= 4 is 6.29 Å². The summed E-state index contributed by atoms with van der Waals surface area (Å²) in [6, 6.07) is 0. The molecule has 1 saturated heterocycles. The van der Waals surface area contributed by atoms with Gasteiger partial charge in [-0.25, -0.2) is 9.67 Å². The molecule has 5 nitrogen and oxygen atoms in total. The summed E-state index contributed by atoms with van der Waals surface area (Å²) in [4.78, 5) is 17.2. The molecule has 0 atom stereocenters. The smallest absolute Gasteiger partial charge is 0.140 e. The van der Waals surface area contributed by atoms with Gasteiger partial charge in [-0.1, -0.05) is 0 Å². The topological polar surface area (TPSA) is 51.0 Å². The van der Waals surface area contributed by atoms with E-state index >= 15 is 0 Å². The number of hydrogen-bond acceptors (Lipinski definition) is 4. The van der Waals surface area contributed by atoms with E-state index in [4.69, 9.17) is 0 Å². The Morgan fingerprint density at radius 3 is 2.88 bits per heavy atom. The molecule has 1 aliphatic heterocycles. The zero-order valence-corrected chi connectivity index (χ0v) is 9.67. The van der Waals surface area contributed by atoms with E-state index in [9.17, 15) is 4.79 Å². The Hall–Kier alpha value is -1.23. The second kappa shape index (κ2) is 5.21. The Bertz CT molecular complexity index is 342. The third kappa shape index (κ3) is 2.47. The van der Waals surface area contributed by atoms with Crippen LogP contribution in [0.5, 0.6) is 0 Å². The van der Waals surface area contributed by atoms with Crippen LogP contribution in [0.25, 0.3) is 0 Å². The van der Waals surface area contributed by atoms with Crippen molar-refractivity contribution in [2.45, 2.75) is 32.9 Å². The number of likely N-dealkylation sites (tertiary alicyclic amines) is 1. The average molecular weight is 222 g/mol. The minimum Gasteiger partial charge on any atom is -0.303 e. The number of rotatable bonds is 4. The molecule has 1 aliphatic rings. The van der Waals surface area contributed by atoms with Crippen LogP contribution in [-0.4, -0.2) is 39.0 Å². The highest BCUT2D eigenvalue weighted by atomic mass is 16.1. The Morgan fingerprint density at radius 2 is 2.25 bits per heavy atom. The van der Waals surface area contributed by atoms with Gasteiger partial charge >= 0.3 is 0 Å². The van der Waals surface area contributed by atoms with Crippen molar-refractivity contribution in [3.63, 3.8) is 0 Å². The lowest BCUT2D eigenvalue weighted by atomic mass is 9.99. The van der Waals surface area contributed by atoms with Crippen LogP contribution in [0.15, 0.2) is 6.33 Å². The number of piperidine rings is 1. The van der Waals surface area contributed by atoms with E-state index in [1.54, 1.807) is 6.33 Å². The molecule has 1 aromatic rings. The number of aromatic nitrogens is 3. The maximum atomic E-state index is 10.6. The normalized spacial score (nSPS) is 18.8. The number of aldehydes is 1. The van der Waals surface area contributed by atoms with Crippen molar-refractivity contribution in [1.82, 2.24) is 19.7 Å². The van der Waals surface area contributed by atoms with E-state index in [1.807, 2.05) is 4.68 Å². The Morgan fingerprint density at radius 1 is 1.50 bits per heavy atom. The minimum atomic E-state index is 0.264. The van der Waals surface area contributed by atoms with Gasteiger partial charge in [0.2, 0.25) is 0 Å². The highest BCUT2D eigenvalue weighted by molar-refractivity contribution is 5.53. The SMILES string of the molecule is CCn1ncnc1CN1CCC(C=O)CC1. The van der Waals surface area contributed by atoms with Gasteiger partial charge in [0.05, 0.1) is 6.54 Å². The molecule has 2 heterocycles. The molecule has 1 aromatic heterocycles. The molecule has 5 heteroatoms. The van der Waals surface area contributed by atoms with Gasteiger partial charge in [0, 0.05) is 12.5 Å². The first kappa shape index (κ1) is 11.3. The first-order valence-electron chi connectivity index (χ1n) is 5.87. The predicted octanol–water partition coefficient (Wildman–Crippen LogP) is 0.709. The van der Waals surface area contributed by atoms with E-state index in [0.717, 1.165) is 51.1 Å². The van der Waals surface area contributed by atoms with Gasteiger partial charge in [0.15, 0.2) is 0 Å². The van der Waals surface area contributed by atoms with Crippen LogP contribution < -0.4 is 0 Å². The maximum absolute atomic E-state index is 10.6. The first-order chi connectivity index (χ1) is 7.83. The highest BCUT2D eigenvalue weighted by Gasteiger charge is 2.19. The summed E-state index contributed by atoms with van der Waals surface area (Å²) < 4.78 is 1.92. The van der Waals surface area contributed by atoms with Crippen LogP contribution in [0.1, 0.15) is 25.6 Å². The summed E-state index contributed by atoms with van der Waals surface area (Å²) in [5, 5.41) is 4.15. The fourth-order valence-corrected chi connectivity index (χ4v) is 2.12. The van der Waals surface area contributed by atoms with Crippen molar-refractivity contribution in [2.24, 2.45) is 5.92 Å². The van der Waals surface area contributed by atoms with Crippen molar-refractivity contribution in [3.05, 3.63) is 12.2 Å². The van der Waals surface area contributed by atoms with Gasteiger partial charge in [0.1, 0.15) is 18.4 Å². The Balaban J connectivity index is 1.89. The highest BCUT2D eigenvalue weighted by Crippen LogP contribution is 2.16. The van der Waals surface area contributed by atoms with Gasteiger partial charge in [-0.05, 0) is 32.9 Å². The largest absolute Gasteiger partial charge is 0.303 e. The summed E-state index contributed by atoms with van der Waals surface area (Å²) in [5.74, 6) is 1.28. The molecule has 0 aliphatic carbocycles. The van der Waals surface area contributed by atoms with Gasteiger partial charge in [-0.3, -0.25) is 4.90 Å². The summed E-state index contributed by atoms with van der Waals surface area (Å²) in [7, 11) is 0. The molecular formula is C11H18N4O. The number of carbonyl (C=O) groups excluding carboxylic acids is 1. The second-order valence-corrected chi connectivity index (χ2v) is 4.24. The van der Waals surface area contributed by atoms with Crippen LogP contribution in [0.3, 0.4) is 0 Å². The standard InChI is InChI=1S/C11H18N4O/c1-2-15-11(12-9-13-15)7-14-5-3-10(8-16)4-6-14/h8-10H,2-7H2,1H3. The van der Waals surface area contributed by atoms with Crippen molar-refractivity contribution in [3.8, 4) is 0 Å². The van der Waals surface area contributed by atoms with Gasteiger partial charge in [0.25, 0.3) is 0 Å². The number of hydrogen-bond donors (Lipinski definition) is 0. The lowest BCUT2D eigenvalue weighted by Crippen LogP contribution is -2.34. The van der Waals surface area contributed by atoms with Crippen LogP contribution in [-0.2, 0) is 17.9 Å². The lowest BCUT2D eigenvalue weighted by molar-refractivity contribution is -0.112.